The molecular formula is C30H35N3O4S. The summed E-state index contributed by atoms with van der Waals surface area (Å²) in [6.45, 7) is 1.69. The highest BCUT2D eigenvalue weighted by Gasteiger charge is 2.34. The zero-order valence-corrected chi connectivity index (χ0v) is 22.8. The van der Waals surface area contributed by atoms with Crippen molar-refractivity contribution in [2.45, 2.75) is 49.1 Å². The van der Waals surface area contributed by atoms with Crippen LogP contribution in [0.2, 0.25) is 0 Å². The van der Waals surface area contributed by atoms with Gasteiger partial charge in [-0.3, -0.25) is 4.79 Å². The number of carbonyl (C=O) groups is 1. The van der Waals surface area contributed by atoms with E-state index in [0.717, 1.165) is 62.3 Å². The van der Waals surface area contributed by atoms with Crippen molar-refractivity contribution in [3.8, 4) is 5.75 Å². The summed E-state index contributed by atoms with van der Waals surface area (Å²) >= 11 is 0. The summed E-state index contributed by atoms with van der Waals surface area (Å²) in [5.41, 5.74) is 2.45. The van der Waals surface area contributed by atoms with Crippen molar-refractivity contribution in [2.75, 3.05) is 37.0 Å². The van der Waals surface area contributed by atoms with Gasteiger partial charge in [0.1, 0.15) is 11.9 Å². The van der Waals surface area contributed by atoms with Gasteiger partial charge in [0.25, 0.3) is 5.91 Å². The molecule has 0 spiro atoms. The lowest BCUT2D eigenvalue weighted by Gasteiger charge is -2.41. The first-order valence-corrected chi connectivity index (χ1v) is 14.7. The van der Waals surface area contributed by atoms with Crippen molar-refractivity contribution in [1.29, 1.82) is 0 Å². The molecule has 8 heteroatoms. The van der Waals surface area contributed by atoms with Gasteiger partial charge in [-0.25, -0.2) is 12.7 Å². The number of hydrogen-bond acceptors (Lipinski definition) is 5. The van der Waals surface area contributed by atoms with Crippen molar-refractivity contribution >= 4 is 27.3 Å². The first-order valence-electron chi connectivity index (χ1n) is 13.3. The Morgan fingerprint density at radius 2 is 1.47 bits per heavy atom. The maximum Gasteiger partial charge on any atom is 0.258 e. The van der Waals surface area contributed by atoms with E-state index in [2.05, 4.69) is 11.0 Å². The van der Waals surface area contributed by atoms with Crippen LogP contribution in [0.25, 0.3) is 0 Å². The van der Waals surface area contributed by atoms with Crippen LogP contribution in [-0.2, 0) is 10.0 Å². The molecule has 0 aromatic heterocycles. The van der Waals surface area contributed by atoms with E-state index >= 15 is 0 Å². The van der Waals surface area contributed by atoms with Crippen LogP contribution in [0.3, 0.4) is 0 Å². The van der Waals surface area contributed by atoms with Gasteiger partial charge in [0, 0.05) is 51.6 Å². The minimum absolute atomic E-state index is 0.0988. The Hall–Kier alpha value is -3.36. The highest BCUT2D eigenvalue weighted by molar-refractivity contribution is 7.89. The third kappa shape index (κ3) is 5.42. The van der Waals surface area contributed by atoms with Crippen LogP contribution in [-0.4, -0.2) is 58.0 Å². The van der Waals surface area contributed by atoms with Crippen LogP contribution in [0, 0.1) is 0 Å². The standard InChI is InChI=1S/C30H35N3O4S/c1-31(2)38(35,36)27-17-15-23(16-18-27)30(34)33(24-9-8-10-24)29-14-7-6-13-28(29)32-21-19-26(20-22-32)37-25-11-4-3-5-12-25/h3-7,11-18,24,26H,8-10,19-22H2,1-2H3. The predicted octanol–water partition coefficient (Wildman–Crippen LogP) is 5.18. The SMILES string of the molecule is CN(C)S(=O)(=O)c1ccc(C(=O)N(c2ccccc2N2CCC(Oc3ccccc3)CC2)C2CCC2)cc1. The lowest BCUT2D eigenvalue weighted by molar-refractivity contribution is 0.0964. The van der Waals surface area contributed by atoms with E-state index in [0.29, 0.717) is 5.56 Å². The second kappa shape index (κ2) is 11.2. The molecule has 0 bridgehead atoms. The third-order valence-corrected chi connectivity index (χ3v) is 9.34. The second-order valence-electron chi connectivity index (χ2n) is 10.2. The van der Waals surface area contributed by atoms with Crippen LogP contribution < -0.4 is 14.5 Å². The molecule has 0 N–H and O–H groups in total. The molecule has 7 nitrogen and oxygen atoms in total. The molecule has 2 fully saturated rings. The number of sulfonamides is 1. The average molecular weight is 534 g/mol. The van der Waals surface area contributed by atoms with E-state index in [9.17, 15) is 13.2 Å². The van der Waals surface area contributed by atoms with Crippen molar-refractivity contribution < 1.29 is 17.9 Å². The first kappa shape index (κ1) is 26.3. The summed E-state index contributed by atoms with van der Waals surface area (Å²) in [5, 5.41) is 0. The Morgan fingerprint density at radius 3 is 2.08 bits per heavy atom. The fourth-order valence-corrected chi connectivity index (χ4v) is 5.98. The number of anilines is 2. The molecule has 1 saturated carbocycles. The molecule has 1 aliphatic heterocycles. The molecule has 5 rings (SSSR count). The molecule has 2 aliphatic rings. The number of nitrogens with zero attached hydrogens (tertiary/aromatic N) is 3. The van der Waals surface area contributed by atoms with Gasteiger partial charge in [-0.05, 0) is 67.8 Å². The molecule has 0 radical (unpaired) electrons. The predicted molar refractivity (Wildman–Crippen MR) is 151 cm³/mol. The van der Waals surface area contributed by atoms with E-state index < -0.39 is 10.0 Å². The van der Waals surface area contributed by atoms with Crippen molar-refractivity contribution in [1.82, 2.24) is 4.31 Å². The number of piperidine rings is 1. The molecular weight excluding hydrogens is 498 g/mol. The maximum atomic E-state index is 13.9. The summed E-state index contributed by atoms with van der Waals surface area (Å²) in [4.78, 5) is 18.4. The molecule has 200 valence electrons. The minimum atomic E-state index is -3.56. The van der Waals surface area contributed by atoms with Crippen LogP contribution in [0.15, 0.2) is 83.8 Å². The monoisotopic (exact) mass is 533 g/mol. The highest BCUT2D eigenvalue weighted by Crippen LogP contribution is 2.38. The van der Waals surface area contributed by atoms with Gasteiger partial charge < -0.3 is 14.5 Å². The summed E-state index contributed by atoms with van der Waals surface area (Å²) in [7, 11) is -0.555. The largest absolute Gasteiger partial charge is 0.490 e. The van der Waals surface area contributed by atoms with Gasteiger partial charge in [0.15, 0.2) is 0 Å². The smallest absolute Gasteiger partial charge is 0.258 e. The Kier molecular flexibility index (Phi) is 7.72. The van der Waals surface area contributed by atoms with Gasteiger partial charge in [0.2, 0.25) is 10.0 Å². The fourth-order valence-electron chi connectivity index (χ4n) is 5.08. The molecule has 1 aliphatic carbocycles. The molecule has 1 saturated heterocycles. The molecule has 0 unspecified atom stereocenters. The van der Waals surface area contributed by atoms with Gasteiger partial charge in [0.05, 0.1) is 16.3 Å². The fraction of sp³-hybridized carbons (Fsp3) is 0.367. The van der Waals surface area contributed by atoms with E-state index in [1.807, 2.05) is 53.4 Å². The zero-order chi connectivity index (χ0) is 26.7. The molecule has 3 aromatic rings. The van der Waals surface area contributed by atoms with Crippen molar-refractivity contribution in [3.05, 3.63) is 84.4 Å². The van der Waals surface area contributed by atoms with Crippen LogP contribution in [0.5, 0.6) is 5.75 Å². The highest BCUT2D eigenvalue weighted by atomic mass is 32.2. The Bertz CT molecular complexity index is 1350. The number of amides is 1. The maximum absolute atomic E-state index is 13.9. The second-order valence-corrected chi connectivity index (χ2v) is 12.3. The Morgan fingerprint density at radius 1 is 0.842 bits per heavy atom. The zero-order valence-electron chi connectivity index (χ0n) is 22.0. The first-order chi connectivity index (χ1) is 18.3. The van der Waals surface area contributed by atoms with E-state index in [-0.39, 0.29) is 22.9 Å². The molecule has 1 heterocycles. The lowest BCUT2D eigenvalue weighted by atomic mass is 9.90. The normalized spacial score (nSPS) is 16.8. The number of para-hydroxylation sites is 3. The number of carbonyl (C=O) groups excluding carboxylic acids is 1. The Labute approximate surface area is 225 Å². The lowest BCUT2D eigenvalue weighted by Crippen LogP contribution is -2.46. The van der Waals surface area contributed by atoms with E-state index in [1.54, 1.807) is 12.1 Å². The van der Waals surface area contributed by atoms with Gasteiger partial charge in [-0.1, -0.05) is 30.3 Å². The van der Waals surface area contributed by atoms with Crippen LogP contribution in [0.4, 0.5) is 11.4 Å². The quantitative estimate of drug-likeness (QED) is 0.399. The van der Waals surface area contributed by atoms with E-state index in [1.165, 1.54) is 30.5 Å². The average Bonchev–Trinajstić information content (AvgIpc) is 2.91. The molecule has 0 atom stereocenters. The van der Waals surface area contributed by atoms with E-state index in [4.69, 9.17) is 4.74 Å². The minimum Gasteiger partial charge on any atom is -0.490 e. The molecule has 38 heavy (non-hydrogen) atoms. The number of ether oxygens (including phenoxy) is 1. The van der Waals surface area contributed by atoms with Crippen LogP contribution in [0.1, 0.15) is 42.5 Å². The van der Waals surface area contributed by atoms with Gasteiger partial charge in [-0.15, -0.1) is 0 Å². The molecule has 3 aromatic carbocycles. The van der Waals surface area contributed by atoms with Crippen LogP contribution >= 0.6 is 0 Å². The van der Waals surface area contributed by atoms with Crippen molar-refractivity contribution in [3.63, 3.8) is 0 Å². The Balaban J connectivity index is 1.36. The summed E-state index contributed by atoms with van der Waals surface area (Å²) in [6.07, 6.45) is 4.99. The summed E-state index contributed by atoms with van der Waals surface area (Å²) in [5.74, 6) is 0.802. The topological polar surface area (TPSA) is 70.2 Å². The van der Waals surface area contributed by atoms with Crippen molar-refractivity contribution in [2.24, 2.45) is 0 Å². The number of rotatable bonds is 8. The van der Waals surface area contributed by atoms with Gasteiger partial charge >= 0.3 is 0 Å². The van der Waals surface area contributed by atoms with Gasteiger partial charge in [-0.2, -0.15) is 0 Å². The number of benzene rings is 3. The summed E-state index contributed by atoms with van der Waals surface area (Å²) in [6, 6.07) is 24.5. The summed E-state index contributed by atoms with van der Waals surface area (Å²) < 4.78 is 32.4. The third-order valence-electron chi connectivity index (χ3n) is 7.51. The molecule has 1 amide bonds. The number of hydrogen-bond donors (Lipinski definition) is 0.